The molecule has 1 aliphatic heterocycles. The fourth-order valence-electron chi connectivity index (χ4n) is 2.57. The van der Waals surface area contributed by atoms with E-state index in [-0.39, 0.29) is 6.03 Å². The lowest BCUT2D eigenvalue weighted by molar-refractivity contribution is -0.0621. The lowest BCUT2D eigenvalue weighted by Gasteiger charge is -2.42. The summed E-state index contributed by atoms with van der Waals surface area (Å²) in [6.07, 6.45) is 3.29. The van der Waals surface area contributed by atoms with Crippen LogP contribution in [0, 0.1) is 5.92 Å². The van der Waals surface area contributed by atoms with Gasteiger partial charge in [0.25, 0.3) is 0 Å². The third kappa shape index (κ3) is 2.62. The molecule has 0 bridgehead atoms. The third-order valence-corrected chi connectivity index (χ3v) is 3.69. The minimum atomic E-state index is -0.588. The Balaban J connectivity index is 2.57. The molecule has 0 saturated carbocycles. The van der Waals surface area contributed by atoms with Crippen LogP contribution in [0.1, 0.15) is 39.5 Å². The highest BCUT2D eigenvalue weighted by molar-refractivity contribution is 5.72. The van der Waals surface area contributed by atoms with Gasteiger partial charge in [-0.05, 0) is 18.8 Å². The molecule has 0 aromatic carbocycles. The van der Waals surface area contributed by atoms with Gasteiger partial charge in [-0.25, -0.2) is 4.79 Å². The van der Waals surface area contributed by atoms with Crippen molar-refractivity contribution < 1.29 is 9.90 Å². The molecule has 2 amide bonds. The molecule has 88 valence electrons. The summed E-state index contributed by atoms with van der Waals surface area (Å²) in [6.45, 7) is 5.38. The molecule has 3 N–H and O–H groups in total. The Morgan fingerprint density at radius 1 is 1.40 bits per heavy atom. The molecule has 0 aromatic rings. The van der Waals surface area contributed by atoms with E-state index in [2.05, 4.69) is 13.8 Å². The highest BCUT2D eigenvalue weighted by Gasteiger charge is 2.38. The van der Waals surface area contributed by atoms with Crippen LogP contribution in [-0.4, -0.2) is 34.7 Å². The van der Waals surface area contributed by atoms with Crippen LogP contribution in [0.25, 0.3) is 0 Å². The Morgan fingerprint density at radius 3 is 2.20 bits per heavy atom. The third-order valence-electron chi connectivity index (χ3n) is 3.69. The molecule has 0 aromatic heterocycles. The van der Waals surface area contributed by atoms with E-state index >= 15 is 0 Å². The maximum atomic E-state index is 10.9. The van der Waals surface area contributed by atoms with Gasteiger partial charge in [0.1, 0.15) is 0 Å². The maximum Gasteiger partial charge on any atom is 0.314 e. The first-order valence-electron chi connectivity index (χ1n) is 5.80. The van der Waals surface area contributed by atoms with Crippen LogP contribution in [0.2, 0.25) is 0 Å². The summed E-state index contributed by atoms with van der Waals surface area (Å²) in [5.41, 5.74) is 4.61. The molecule has 15 heavy (non-hydrogen) atoms. The molecule has 4 heteroatoms. The van der Waals surface area contributed by atoms with Crippen molar-refractivity contribution in [1.82, 2.24) is 4.90 Å². The molecule has 0 unspecified atom stereocenters. The number of aliphatic hydroxyl groups is 1. The Morgan fingerprint density at radius 2 is 1.87 bits per heavy atom. The van der Waals surface area contributed by atoms with Gasteiger partial charge in [-0.3, -0.25) is 0 Å². The SMILES string of the molecule is CCC(CC)C1(O)CCN(C(N)=O)CC1. The minimum absolute atomic E-state index is 0.340. The van der Waals surface area contributed by atoms with Crippen LogP contribution in [-0.2, 0) is 0 Å². The van der Waals surface area contributed by atoms with E-state index in [4.69, 9.17) is 5.73 Å². The van der Waals surface area contributed by atoms with Crippen molar-refractivity contribution in [2.45, 2.75) is 45.1 Å². The molecule has 0 spiro atoms. The predicted octanol–water partition coefficient (Wildman–Crippen LogP) is 1.33. The molecule has 1 aliphatic rings. The van der Waals surface area contributed by atoms with Gasteiger partial charge in [0, 0.05) is 13.1 Å². The summed E-state index contributed by atoms with van der Waals surface area (Å²) in [4.78, 5) is 12.5. The van der Waals surface area contributed by atoms with Gasteiger partial charge >= 0.3 is 6.03 Å². The summed E-state index contributed by atoms with van der Waals surface area (Å²) in [6, 6.07) is -0.374. The van der Waals surface area contributed by atoms with Crippen molar-refractivity contribution in [2.75, 3.05) is 13.1 Å². The number of rotatable bonds is 3. The van der Waals surface area contributed by atoms with Crippen molar-refractivity contribution in [3.05, 3.63) is 0 Å². The standard InChI is InChI=1S/C11H22N2O2/c1-3-9(4-2)11(15)5-7-13(8-6-11)10(12)14/h9,15H,3-8H2,1-2H3,(H2,12,14). The van der Waals surface area contributed by atoms with Crippen molar-refractivity contribution in [2.24, 2.45) is 11.7 Å². The Bertz CT molecular complexity index is 219. The van der Waals surface area contributed by atoms with Crippen LogP contribution >= 0.6 is 0 Å². The molecule has 0 aliphatic carbocycles. The van der Waals surface area contributed by atoms with Gasteiger partial charge in [0.2, 0.25) is 0 Å². The van der Waals surface area contributed by atoms with Gasteiger partial charge in [-0.1, -0.05) is 26.7 Å². The molecular weight excluding hydrogens is 192 g/mol. The van der Waals surface area contributed by atoms with Crippen LogP contribution in [0.4, 0.5) is 4.79 Å². The lowest BCUT2D eigenvalue weighted by Crippen LogP contribution is -2.51. The zero-order valence-electron chi connectivity index (χ0n) is 9.70. The van der Waals surface area contributed by atoms with E-state index < -0.39 is 5.60 Å². The summed E-state index contributed by atoms with van der Waals surface area (Å²) < 4.78 is 0. The second-order valence-corrected chi connectivity index (χ2v) is 4.44. The lowest BCUT2D eigenvalue weighted by atomic mass is 9.77. The molecule has 0 radical (unpaired) electrons. The quantitative estimate of drug-likeness (QED) is 0.744. The number of likely N-dealkylation sites (tertiary alicyclic amines) is 1. The van der Waals surface area contributed by atoms with Gasteiger partial charge < -0.3 is 15.7 Å². The predicted molar refractivity (Wildman–Crippen MR) is 59.4 cm³/mol. The molecule has 1 fully saturated rings. The van der Waals surface area contributed by atoms with Gasteiger partial charge in [-0.2, -0.15) is 0 Å². The molecular formula is C11H22N2O2. The number of carbonyl (C=O) groups is 1. The van der Waals surface area contributed by atoms with Gasteiger partial charge in [0.05, 0.1) is 5.60 Å². The summed E-state index contributed by atoms with van der Waals surface area (Å²) >= 11 is 0. The Hall–Kier alpha value is -0.770. The number of amides is 2. The first-order chi connectivity index (χ1) is 7.03. The number of hydrogen-bond acceptors (Lipinski definition) is 2. The van der Waals surface area contributed by atoms with E-state index in [0.717, 1.165) is 12.8 Å². The van der Waals surface area contributed by atoms with E-state index in [9.17, 15) is 9.90 Å². The molecule has 1 saturated heterocycles. The monoisotopic (exact) mass is 214 g/mol. The Labute approximate surface area is 91.4 Å². The number of piperidine rings is 1. The number of primary amides is 1. The van der Waals surface area contributed by atoms with Crippen molar-refractivity contribution in [3.8, 4) is 0 Å². The first kappa shape index (κ1) is 12.3. The highest BCUT2D eigenvalue weighted by atomic mass is 16.3. The number of carbonyl (C=O) groups excluding carboxylic acids is 1. The van der Waals surface area contributed by atoms with E-state index in [1.807, 2.05) is 0 Å². The van der Waals surface area contributed by atoms with Gasteiger partial charge in [0.15, 0.2) is 0 Å². The zero-order valence-corrected chi connectivity index (χ0v) is 9.70. The van der Waals surface area contributed by atoms with Crippen LogP contribution in [0.3, 0.4) is 0 Å². The molecule has 0 atom stereocenters. The maximum absolute atomic E-state index is 10.9. The summed E-state index contributed by atoms with van der Waals surface area (Å²) in [7, 11) is 0. The number of hydrogen-bond donors (Lipinski definition) is 2. The van der Waals surface area contributed by atoms with Crippen molar-refractivity contribution in [3.63, 3.8) is 0 Å². The second-order valence-electron chi connectivity index (χ2n) is 4.44. The van der Waals surface area contributed by atoms with Crippen LogP contribution < -0.4 is 5.73 Å². The fraction of sp³-hybridized carbons (Fsp3) is 0.909. The zero-order chi connectivity index (χ0) is 11.5. The number of nitrogens with two attached hydrogens (primary N) is 1. The average molecular weight is 214 g/mol. The number of nitrogens with zero attached hydrogens (tertiary/aromatic N) is 1. The van der Waals surface area contributed by atoms with Crippen LogP contribution in [0.5, 0.6) is 0 Å². The molecule has 4 nitrogen and oxygen atoms in total. The van der Waals surface area contributed by atoms with Crippen molar-refractivity contribution >= 4 is 6.03 Å². The molecule has 1 rings (SSSR count). The second kappa shape index (κ2) is 4.84. The first-order valence-corrected chi connectivity index (χ1v) is 5.80. The van der Waals surface area contributed by atoms with E-state index in [1.54, 1.807) is 4.90 Å². The largest absolute Gasteiger partial charge is 0.389 e. The topological polar surface area (TPSA) is 66.6 Å². The van der Waals surface area contributed by atoms with Crippen LogP contribution in [0.15, 0.2) is 0 Å². The van der Waals surface area contributed by atoms with Gasteiger partial charge in [-0.15, -0.1) is 0 Å². The highest BCUT2D eigenvalue weighted by Crippen LogP contribution is 2.33. The number of urea groups is 1. The molecule has 1 heterocycles. The van der Waals surface area contributed by atoms with Crippen molar-refractivity contribution in [1.29, 1.82) is 0 Å². The Kier molecular flexibility index (Phi) is 3.97. The summed E-state index contributed by atoms with van der Waals surface area (Å²) in [5, 5.41) is 10.5. The summed E-state index contributed by atoms with van der Waals surface area (Å²) in [5.74, 6) is 0.340. The van der Waals surface area contributed by atoms with E-state index in [0.29, 0.717) is 31.8 Å². The normalized spacial score (nSPS) is 20.7. The van der Waals surface area contributed by atoms with E-state index in [1.165, 1.54) is 0 Å². The average Bonchev–Trinajstić information content (AvgIpc) is 2.19. The fourth-order valence-corrected chi connectivity index (χ4v) is 2.57. The smallest absolute Gasteiger partial charge is 0.314 e. The minimum Gasteiger partial charge on any atom is -0.389 e.